The van der Waals surface area contributed by atoms with Crippen molar-refractivity contribution >= 4 is 191 Å². The number of aromatic nitrogens is 7. The van der Waals surface area contributed by atoms with Crippen molar-refractivity contribution in [2.75, 3.05) is 5.73 Å². The lowest BCUT2D eigenvalue weighted by molar-refractivity contribution is 0.0995. The Balaban J connectivity index is 0.000000120. The SMILES string of the molecule is C.CC(Br)C(=O)c1ccc(Br)cc1.Cc1c(-c2ccc(-c3ccc4c(-c5ccc6ccccc6c5)c5ccccc5c(-c5ccc6ccccc6c5)c4c3)cc2)nc2ccccn12.Cc1c(-c2ccc(Br)cc2)nc2ccccn12.Cc1c(-c2ccc(Br)cc2)nc2ccccn12.Nc1ccccn1.OB(O)c1ccc2c(-c3ccc4ccccc4c3)c3ccccc3c(-c3ccc4ccccc4c3)c2c1. The number of ketones is 1. The largest absolute Gasteiger partial charge is 0.488 e. The number of halogens is 4. The topological polar surface area (TPSA) is 148 Å². The molecule has 0 aliphatic carbocycles. The summed E-state index contributed by atoms with van der Waals surface area (Å²) < 4.78 is 9.53. The van der Waals surface area contributed by atoms with Gasteiger partial charge < -0.3 is 29.0 Å². The Hall–Kier alpha value is -15.4. The molecule has 0 amide bonds. The first-order valence-electron chi connectivity index (χ1n) is 46.2. The first kappa shape index (κ1) is 94.6. The van der Waals surface area contributed by atoms with Crippen LogP contribution in [-0.2, 0) is 0 Å². The molecule has 1 atom stereocenters. The molecule has 0 spiro atoms. The Labute approximate surface area is 852 Å². The standard InChI is InChI=1S/C48H32N2.C34H23BO2.2C14H11BrN2.C9H8Br2O.C5H6N2.CH4/c1-31-48(49-45-16-8-9-27-50(31)45)35-21-17-34(18-22-35)38-25-26-43-44(30-38)47(40-24-20-33-11-3-5-13-37(33)29-40)42-15-7-6-14-41(42)46(43)39-23-19-32-10-2-4-12-36(32)28-39;36-35(37)28-17-18-31-32(21-28)34(27-16-14-23-8-2-4-10-25(23)20-27)30-12-6-5-11-29(30)33(31)26-15-13-22-7-1-3-9-24(22)19-26;2*1-10-14(11-5-7-12(15)8-6-11)16-13-4-2-3-9-17(10)13;1-6(10)9(12)7-2-4-8(11)5-3-7;6-5-3-1-2-4-7-5;/h2-30H,1H3;1-21,36-37H;2*2-9H,1H3;2-6H,1H3;1-4H,(H2,6,7);1H4. The molecule has 684 valence electrons. The molecule has 141 heavy (non-hydrogen) atoms. The highest BCUT2D eigenvalue weighted by Gasteiger charge is 2.24. The van der Waals surface area contributed by atoms with Crippen LogP contribution in [0.3, 0.4) is 0 Å². The van der Waals surface area contributed by atoms with Crippen LogP contribution in [0, 0.1) is 20.8 Å². The van der Waals surface area contributed by atoms with Crippen molar-refractivity contribution in [1.29, 1.82) is 0 Å². The summed E-state index contributed by atoms with van der Waals surface area (Å²) in [5.41, 5.74) is 31.3. The number of fused-ring (bicyclic) bond motifs is 11. The number of nitrogens with zero attached hydrogens (tertiary/aromatic N) is 7. The summed E-state index contributed by atoms with van der Waals surface area (Å²) in [6.07, 6.45) is 7.82. The second kappa shape index (κ2) is 42.1. The highest BCUT2D eigenvalue weighted by Crippen LogP contribution is 2.48. The zero-order chi connectivity index (χ0) is 96.0. The van der Waals surface area contributed by atoms with E-state index < -0.39 is 7.12 Å². The number of anilines is 1. The number of Topliss-reactive ketones (excluding diaryl/α,β-unsaturated/α-hetero) is 1. The highest BCUT2D eigenvalue weighted by molar-refractivity contribution is 9.11. The second-order valence-electron chi connectivity index (χ2n) is 34.5. The number of carbonyl (C=O) groups excluding carboxylic acids is 1. The van der Waals surface area contributed by atoms with Gasteiger partial charge >= 0.3 is 7.12 Å². The van der Waals surface area contributed by atoms with Crippen LogP contribution in [0.4, 0.5) is 5.82 Å². The first-order valence-corrected chi connectivity index (χ1v) is 49.5. The fourth-order valence-electron chi connectivity index (χ4n) is 18.8. The molecule has 1 unspecified atom stereocenters. The maximum absolute atomic E-state index is 11.4. The Morgan fingerprint density at radius 1 is 0.298 bits per heavy atom. The Morgan fingerprint density at radius 3 is 0.908 bits per heavy atom. The third-order valence-electron chi connectivity index (χ3n) is 25.7. The normalized spacial score (nSPS) is 11.3. The van der Waals surface area contributed by atoms with Gasteiger partial charge in [0.15, 0.2) is 5.78 Å². The molecule has 11 nitrogen and oxygen atoms in total. The number of nitrogens with two attached hydrogens (primary N) is 1. The number of carbonyl (C=O) groups is 1. The predicted molar refractivity (Wildman–Crippen MR) is 607 cm³/mol. The highest BCUT2D eigenvalue weighted by atomic mass is 79.9. The minimum atomic E-state index is -1.54. The Morgan fingerprint density at radius 2 is 0.582 bits per heavy atom. The number of benzene rings is 18. The summed E-state index contributed by atoms with van der Waals surface area (Å²) >= 11 is 13.4. The molecule has 25 aromatic rings. The van der Waals surface area contributed by atoms with Gasteiger partial charge in [0, 0.05) is 77.5 Å². The molecule has 0 saturated carbocycles. The Kier molecular flexibility index (Phi) is 28.3. The van der Waals surface area contributed by atoms with Crippen LogP contribution < -0.4 is 11.2 Å². The van der Waals surface area contributed by atoms with E-state index in [1.54, 1.807) is 12.3 Å². The van der Waals surface area contributed by atoms with E-state index >= 15 is 0 Å². The molecule has 0 aliphatic heterocycles. The van der Waals surface area contributed by atoms with Gasteiger partial charge in [-0.3, -0.25) is 4.79 Å². The van der Waals surface area contributed by atoms with Crippen LogP contribution in [0.25, 0.3) is 193 Å². The van der Waals surface area contributed by atoms with Gasteiger partial charge in [-0.15, -0.1) is 0 Å². The van der Waals surface area contributed by atoms with E-state index in [1.165, 1.54) is 115 Å². The lowest BCUT2D eigenvalue weighted by Crippen LogP contribution is -2.29. The Bertz CT molecular complexity index is 8820. The lowest BCUT2D eigenvalue weighted by atomic mass is 9.77. The molecule has 0 aliphatic rings. The summed E-state index contributed by atoms with van der Waals surface area (Å²) in [5, 5.41) is 39.3. The van der Waals surface area contributed by atoms with Crippen molar-refractivity contribution < 1.29 is 14.8 Å². The van der Waals surface area contributed by atoms with E-state index in [-0.39, 0.29) is 18.0 Å². The van der Waals surface area contributed by atoms with E-state index in [0.717, 1.165) is 114 Å². The summed E-state index contributed by atoms with van der Waals surface area (Å²) in [6.45, 7) is 8.15. The van der Waals surface area contributed by atoms with Crippen molar-refractivity contribution in [1.82, 2.24) is 33.1 Å². The predicted octanol–water partition coefficient (Wildman–Crippen LogP) is 33.1. The molecule has 25 rings (SSSR count). The molecule has 4 N–H and O–H groups in total. The fourth-order valence-corrected chi connectivity index (χ4v) is 19.8. The van der Waals surface area contributed by atoms with Crippen molar-refractivity contribution in [2.45, 2.75) is 39.9 Å². The van der Waals surface area contributed by atoms with Gasteiger partial charge in [0.1, 0.15) is 22.8 Å². The quantitative estimate of drug-likeness (QED) is 0.0502. The van der Waals surface area contributed by atoms with Gasteiger partial charge in [-0.05, 0) is 290 Å². The van der Waals surface area contributed by atoms with Gasteiger partial charge in [-0.2, -0.15) is 0 Å². The smallest absolute Gasteiger partial charge is 0.423 e. The average molecular weight is 2090 g/mol. The fraction of sp³-hybridized carbons (Fsp3) is 0.0480. The molecule has 7 heterocycles. The monoisotopic (exact) mass is 2080 g/mol. The van der Waals surface area contributed by atoms with Crippen molar-refractivity contribution in [3.05, 3.63) is 485 Å². The number of hydrogen-bond acceptors (Lipinski definition) is 8. The minimum Gasteiger partial charge on any atom is -0.423 e. The molecule has 0 bridgehead atoms. The van der Waals surface area contributed by atoms with Crippen LogP contribution in [0.2, 0.25) is 0 Å². The number of aryl methyl sites for hydroxylation is 3. The molecule has 16 heteroatoms. The van der Waals surface area contributed by atoms with Gasteiger partial charge in [0.2, 0.25) is 0 Å². The molecule has 7 aromatic heterocycles. The van der Waals surface area contributed by atoms with Crippen molar-refractivity contribution in [3.63, 3.8) is 0 Å². The number of hydrogen-bond donors (Lipinski definition) is 3. The van der Waals surface area contributed by atoms with Gasteiger partial charge in [-0.25, -0.2) is 19.9 Å². The maximum Gasteiger partial charge on any atom is 0.488 e. The molecular weight excluding hydrogens is 1990 g/mol. The van der Waals surface area contributed by atoms with E-state index in [9.17, 15) is 14.8 Å². The average Bonchev–Trinajstić information content (AvgIpc) is 1.31. The lowest BCUT2D eigenvalue weighted by Gasteiger charge is -2.19. The second-order valence-corrected chi connectivity index (χ2v) is 38.7. The third kappa shape index (κ3) is 20.1. The van der Waals surface area contributed by atoms with E-state index in [0.29, 0.717) is 11.3 Å². The van der Waals surface area contributed by atoms with Gasteiger partial charge in [0.25, 0.3) is 0 Å². The summed E-state index contributed by atoms with van der Waals surface area (Å²) in [7, 11) is -1.54. The third-order valence-corrected chi connectivity index (χ3v) is 27.7. The first-order chi connectivity index (χ1) is 68.4. The zero-order valence-corrected chi connectivity index (χ0v) is 83.2. The number of pyridine rings is 4. The van der Waals surface area contributed by atoms with Crippen LogP contribution in [-0.4, -0.2) is 60.9 Å². The van der Waals surface area contributed by atoms with Crippen LogP contribution in [0.15, 0.2) is 463 Å². The summed E-state index contributed by atoms with van der Waals surface area (Å²) in [6, 6.07) is 148. The van der Waals surface area contributed by atoms with Crippen LogP contribution >= 0.6 is 63.7 Å². The summed E-state index contributed by atoms with van der Waals surface area (Å²) in [4.78, 5) is 29.3. The molecule has 0 fully saturated rings. The number of imidazole rings is 3. The molecule has 18 aromatic carbocycles. The number of rotatable bonds is 11. The zero-order valence-electron chi connectivity index (χ0n) is 76.9. The van der Waals surface area contributed by atoms with E-state index in [1.807, 2.05) is 141 Å². The maximum atomic E-state index is 11.4. The van der Waals surface area contributed by atoms with Gasteiger partial charge in [0.05, 0.1) is 21.9 Å². The minimum absolute atomic E-state index is 0. The molecule has 0 saturated heterocycles. The van der Waals surface area contributed by atoms with E-state index in [4.69, 9.17) is 10.7 Å². The van der Waals surface area contributed by atoms with E-state index in [2.05, 4.69) is 416 Å². The van der Waals surface area contributed by atoms with Crippen molar-refractivity contribution in [3.8, 4) is 89.4 Å². The van der Waals surface area contributed by atoms with Crippen LogP contribution in [0.1, 0.15) is 41.8 Å². The van der Waals surface area contributed by atoms with Gasteiger partial charge in [-0.1, -0.05) is 381 Å². The number of alkyl halides is 1. The molecule has 0 radical (unpaired) electrons. The van der Waals surface area contributed by atoms with Crippen molar-refractivity contribution in [2.24, 2.45) is 0 Å². The van der Waals surface area contributed by atoms with Crippen LogP contribution in [0.5, 0.6) is 0 Å². The number of nitrogen functional groups attached to an aromatic ring is 1. The molecular formula is C125H95BBr4N8O3. The summed E-state index contributed by atoms with van der Waals surface area (Å²) in [5.74, 6) is 0.685.